The lowest BCUT2D eigenvalue weighted by Crippen LogP contribution is -1.81. The van der Waals surface area contributed by atoms with E-state index in [4.69, 9.17) is 6.58 Å². The van der Waals surface area contributed by atoms with Crippen LogP contribution in [0.25, 0.3) is 0 Å². The summed E-state index contributed by atoms with van der Waals surface area (Å²) in [4.78, 5) is 0. The molecule has 0 nitrogen and oxygen atoms in total. The van der Waals surface area contributed by atoms with E-state index in [1.54, 1.807) is 0 Å². The highest BCUT2D eigenvalue weighted by molar-refractivity contribution is 4.95. The fourth-order valence-corrected chi connectivity index (χ4v) is 1.91. The third kappa shape index (κ3) is 13.5. The van der Waals surface area contributed by atoms with Crippen molar-refractivity contribution in [3.63, 3.8) is 0 Å². The van der Waals surface area contributed by atoms with Gasteiger partial charge in [0.2, 0.25) is 0 Å². The van der Waals surface area contributed by atoms with Crippen molar-refractivity contribution in [1.82, 2.24) is 0 Å². The molecule has 0 spiro atoms. The van der Waals surface area contributed by atoms with Crippen molar-refractivity contribution in [3.05, 3.63) is 24.8 Å². The standard InChI is InChI=1S/C16H28/c1-3-5-7-9-11-13-15-16-14-12-10-8-6-4-2/h4,6,8H,3,5,7,9-16H2,1H3. The summed E-state index contributed by atoms with van der Waals surface area (Å²) < 4.78 is 0. The largest absolute Gasteiger partial charge is 0.0845 e. The van der Waals surface area contributed by atoms with Gasteiger partial charge in [-0.15, -0.1) is 0 Å². The first kappa shape index (κ1) is 15.5. The first-order valence-corrected chi connectivity index (χ1v) is 7.07. The molecule has 0 rings (SSSR count). The number of unbranched alkanes of at least 4 members (excludes halogenated alkanes) is 10. The van der Waals surface area contributed by atoms with Crippen molar-refractivity contribution < 1.29 is 0 Å². The highest BCUT2D eigenvalue weighted by atomic mass is 14.0. The van der Waals surface area contributed by atoms with Crippen molar-refractivity contribution in [3.8, 4) is 0 Å². The number of hydrogen-bond acceptors (Lipinski definition) is 0. The molecule has 0 unspecified atom stereocenters. The molecule has 0 aliphatic carbocycles. The fourth-order valence-electron chi connectivity index (χ4n) is 1.91. The van der Waals surface area contributed by atoms with Gasteiger partial charge in [-0.1, -0.05) is 82.9 Å². The minimum Gasteiger partial charge on any atom is -0.0845 e. The lowest BCUT2D eigenvalue weighted by atomic mass is 10.1. The highest BCUT2D eigenvalue weighted by Gasteiger charge is 1.91. The zero-order valence-electron chi connectivity index (χ0n) is 11.0. The summed E-state index contributed by atoms with van der Waals surface area (Å²) in [7, 11) is 0. The van der Waals surface area contributed by atoms with Crippen LogP contribution in [0, 0.1) is 6.58 Å². The summed E-state index contributed by atoms with van der Waals surface area (Å²) in [6, 6.07) is 0. The van der Waals surface area contributed by atoms with E-state index in [0.717, 1.165) is 6.42 Å². The number of allylic oxidation sites excluding steroid dienone is 3. The Kier molecular flexibility index (Phi) is 14.0. The molecule has 0 aliphatic heterocycles. The van der Waals surface area contributed by atoms with Crippen LogP contribution in [0.4, 0.5) is 0 Å². The topological polar surface area (TPSA) is 0 Å². The minimum absolute atomic E-state index is 1.14. The Morgan fingerprint density at radius 2 is 1.25 bits per heavy atom. The van der Waals surface area contributed by atoms with Crippen LogP contribution in [-0.2, 0) is 0 Å². The molecule has 0 atom stereocenters. The monoisotopic (exact) mass is 220 g/mol. The van der Waals surface area contributed by atoms with E-state index < -0.39 is 0 Å². The highest BCUT2D eigenvalue weighted by Crippen LogP contribution is 2.11. The van der Waals surface area contributed by atoms with E-state index in [0.29, 0.717) is 0 Å². The normalized spacial score (nSPS) is 11.1. The smallest absolute Gasteiger partial charge is 0.00991 e. The molecule has 0 bridgehead atoms. The van der Waals surface area contributed by atoms with Crippen LogP contribution in [0.3, 0.4) is 0 Å². The van der Waals surface area contributed by atoms with Gasteiger partial charge in [-0.3, -0.25) is 0 Å². The molecule has 0 saturated carbocycles. The van der Waals surface area contributed by atoms with Gasteiger partial charge in [0.05, 0.1) is 0 Å². The van der Waals surface area contributed by atoms with Crippen molar-refractivity contribution in [1.29, 1.82) is 0 Å². The Morgan fingerprint density at radius 3 is 1.75 bits per heavy atom. The summed E-state index contributed by atoms with van der Waals surface area (Å²) in [5.74, 6) is 0. The van der Waals surface area contributed by atoms with E-state index in [-0.39, 0.29) is 0 Å². The van der Waals surface area contributed by atoms with Crippen molar-refractivity contribution in [2.45, 2.75) is 77.6 Å². The molecule has 0 aromatic heterocycles. The molecule has 0 heterocycles. The molecule has 16 heavy (non-hydrogen) atoms. The maximum absolute atomic E-state index is 6.83. The summed E-state index contributed by atoms with van der Waals surface area (Å²) >= 11 is 0. The molecule has 0 aliphatic rings. The Labute approximate surface area is 103 Å². The molecule has 0 saturated heterocycles. The predicted molar refractivity (Wildman–Crippen MR) is 73.4 cm³/mol. The average Bonchev–Trinajstić information content (AvgIpc) is 2.31. The molecule has 2 radical (unpaired) electrons. The molecule has 0 aromatic rings. The van der Waals surface area contributed by atoms with E-state index in [1.807, 2.05) is 6.08 Å². The van der Waals surface area contributed by atoms with E-state index >= 15 is 0 Å². The lowest BCUT2D eigenvalue weighted by Gasteiger charge is -2.01. The Hall–Kier alpha value is -0.520. The summed E-state index contributed by atoms with van der Waals surface area (Å²) in [5.41, 5.74) is 0. The average molecular weight is 220 g/mol. The zero-order valence-corrected chi connectivity index (χ0v) is 11.0. The van der Waals surface area contributed by atoms with Crippen LogP contribution in [0.15, 0.2) is 18.2 Å². The molecular formula is C16H28. The third-order valence-electron chi connectivity index (χ3n) is 2.96. The number of hydrogen-bond donors (Lipinski definition) is 0. The van der Waals surface area contributed by atoms with Gasteiger partial charge in [0.1, 0.15) is 0 Å². The van der Waals surface area contributed by atoms with E-state index in [2.05, 4.69) is 13.0 Å². The third-order valence-corrected chi connectivity index (χ3v) is 2.96. The molecule has 92 valence electrons. The molecule has 0 N–H and O–H groups in total. The van der Waals surface area contributed by atoms with Gasteiger partial charge in [0, 0.05) is 0 Å². The first-order valence-electron chi connectivity index (χ1n) is 7.07. The molecule has 0 heteroatoms. The van der Waals surface area contributed by atoms with Crippen LogP contribution in [0.1, 0.15) is 77.6 Å². The summed E-state index contributed by atoms with van der Waals surface area (Å²) in [5, 5.41) is 0. The second-order valence-electron chi connectivity index (χ2n) is 4.57. The maximum Gasteiger partial charge on any atom is -0.00991 e. The number of rotatable bonds is 12. The van der Waals surface area contributed by atoms with Crippen molar-refractivity contribution >= 4 is 0 Å². The summed E-state index contributed by atoms with van der Waals surface area (Å²) in [6.07, 6.45) is 20.4. The van der Waals surface area contributed by atoms with Gasteiger partial charge in [0.15, 0.2) is 0 Å². The van der Waals surface area contributed by atoms with Crippen LogP contribution in [0.2, 0.25) is 0 Å². The van der Waals surface area contributed by atoms with Gasteiger partial charge in [-0.2, -0.15) is 0 Å². The van der Waals surface area contributed by atoms with Crippen LogP contribution in [-0.4, -0.2) is 0 Å². The molecular weight excluding hydrogens is 192 g/mol. The zero-order chi connectivity index (χ0) is 11.9. The fraction of sp³-hybridized carbons (Fsp3) is 0.750. The minimum atomic E-state index is 1.14. The predicted octanol–water partition coefficient (Wildman–Crippen LogP) is 5.72. The van der Waals surface area contributed by atoms with Gasteiger partial charge in [-0.25, -0.2) is 0 Å². The Bertz CT molecular complexity index is 155. The lowest BCUT2D eigenvalue weighted by molar-refractivity contribution is 0.557. The second-order valence-corrected chi connectivity index (χ2v) is 4.57. The van der Waals surface area contributed by atoms with E-state index in [9.17, 15) is 0 Å². The van der Waals surface area contributed by atoms with Gasteiger partial charge in [0.25, 0.3) is 0 Å². The van der Waals surface area contributed by atoms with Crippen LogP contribution < -0.4 is 0 Å². The SMILES string of the molecule is [C]=CC=CCCCCCCCCCCCC. The Balaban J connectivity index is 2.93. The van der Waals surface area contributed by atoms with Crippen LogP contribution in [0.5, 0.6) is 0 Å². The first-order chi connectivity index (χ1) is 7.91. The second kappa shape index (κ2) is 14.5. The van der Waals surface area contributed by atoms with E-state index in [1.165, 1.54) is 70.3 Å². The Morgan fingerprint density at radius 1 is 0.750 bits per heavy atom. The van der Waals surface area contributed by atoms with Crippen molar-refractivity contribution in [2.75, 3.05) is 0 Å². The van der Waals surface area contributed by atoms with Crippen molar-refractivity contribution in [2.24, 2.45) is 0 Å². The summed E-state index contributed by atoms with van der Waals surface area (Å²) in [6.45, 7) is 9.10. The molecule has 0 amide bonds. The van der Waals surface area contributed by atoms with Crippen LogP contribution >= 0.6 is 0 Å². The quantitative estimate of drug-likeness (QED) is 0.291. The molecule has 0 fully saturated rings. The van der Waals surface area contributed by atoms with Gasteiger partial charge < -0.3 is 0 Å². The van der Waals surface area contributed by atoms with Gasteiger partial charge in [-0.05, 0) is 19.4 Å². The van der Waals surface area contributed by atoms with Gasteiger partial charge >= 0.3 is 0 Å². The maximum atomic E-state index is 6.83. The molecule has 0 aromatic carbocycles.